The molecule has 0 amide bonds. The van der Waals surface area contributed by atoms with Gasteiger partial charge >= 0.3 is 5.97 Å². The average Bonchev–Trinajstić information content (AvgIpc) is 2.10. The van der Waals surface area contributed by atoms with Gasteiger partial charge in [-0.2, -0.15) is 0 Å². The minimum absolute atomic E-state index is 0. The molecule has 1 atom stereocenters. The number of hydrogen-bond donors (Lipinski definition) is 1. The van der Waals surface area contributed by atoms with E-state index < -0.39 is 12.0 Å². The van der Waals surface area contributed by atoms with Gasteiger partial charge in [-0.1, -0.05) is 34.8 Å². The van der Waals surface area contributed by atoms with E-state index in [1.54, 1.807) is 0 Å². The Bertz CT molecular complexity index is 375. The third-order valence-electron chi connectivity index (χ3n) is 1.54. The number of benzene rings is 1. The third-order valence-corrected chi connectivity index (χ3v) is 2.32. The van der Waals surface area contributed by atoms with Gasteiger partial charge in [0.25, 0.3) is 0 Å². The molecule has 1 aromatic carbocycles. The van der Waals surface area contributed by atoms with Crippen molar-refractivity contribution in [3.63, 3.8) is 0 Å². The Hall–Kier alpha value is -0.000000000000000111. The molecule has 90 valence electrons. The lowest BCUT2D eigenvalue weighted by atomic mass is 10.3. The van der Waals surface area contributed by atoms with Gasteiger partial charge in [0.15, 0.2) is 5.75 Å². The molecule has 0 aliphatic heterocycles. The molecule has 0 aliphatic rings. The van der Waals surface area contributed by atoms with Crippen molar-refractivity contribution in [3.8, 4) is 5.75 Å². The van der Waals surface area contributed by atoms with Crippen molar-refractivity contribution in [2.45, 2.75) is 13.0 Å². The lowest BCUT2D eigenvalue weighted by molar-refractivity contribution is -0.135. The van der Waals surface area contributed by atoms with Crippen LogP contribution in [-0.4, -0.2) is 12.0 Å². The predicted molar refractivity (Wildman–Crippen MR) is 71.1 cm³/mol. The van der Waals surface area contributed by atoms with Gasteiger partial charge in [-0.25, -0.2) is 4.79 Å². The maximum atomic E-state index is 11.2. The number of ether oxygens (including phenoxy) is 1. The zero-order valence-corrected chi connectivity index (χ0v) is 12.1. The summed E-state index contributed by atoms with van der Waals surface area (Å²) in [5.41, 5.74) is 5.33. The number of halogens is 4. The molecule has 1 aromatic rings. The van der Waals surface area contributed by atoms with Crippen LogP contribution in [0.4, 0.5) is 0 Å². The first kappa shape index (κ1) is 16.0. The molecule has 1 rings (SSSR count). The molecule has 16 heavy (non-hydrogen) atoms. The van der Waals surface area contributed by atoms with Gasteiger partial charge in [0.05, 0.1) is 10.0 Å². The number of carbonyl (C=O) groups is 1. The summed E-state index contributed by atoms with van der Waals surface area (Å²) in [6.45, 7) is 1.50. The molecule has 2 N–H and O–H groups in total. The first-order valence-corrected chi connectivity index (χ1v) is 5.17. The van der Waals surface area contributed by atoms with Crippen LogP contribution in [0.15, 0.2) is 12.1 Å². The summed E-state index contributed by atoms with van der Waals surface area (Å²) >= 11 is 17.3. The van der Waals surface area contributed by atoms with E-state index in [-0.39, 0.29) is 32.8 Å². The van der Waals surface area contributed by atoms with Crippen LogP contribution >= 0.6 is 51.8 Å². The highest BCUT2D eigenvalue weighted by molar-refractivity contribution is 8.93. The highest BCUT2D eigenvalue weighted by atomic mass is 79.9. The quantitative estimate of drug-likeness (QED) is 0.657. The fraction of sp³-hybridized carbons (Fsp3) is 0.222. The summed E-state index contributed by atoms with van der Waals surface area (Å²) in [5, 5.41) is 0.702. The Morgan fingerprint density at radius 3 is 2.12 bits per heavy atom. The third kappa shape index (κ3) is 4.11. The van der Waals surface area contributed by atoms with Crippen molar-refractivity contribution in [1.82, 2.24) is 0 Å². The van der Waals surface area contributed by atoms with Gasteiger partial charge in [0.1, 0.15) is 6.04 Å². The molecule has 0 saturated carbocycles. The molecule has 0 unspecified atom stereocenters. The molecule has 0 aromatic heterocycles. The molecular weight excluding hydrogens is 340 g/mol. The summed E-state index contributed by atoms with van der Waals surface area (Å²) in [6, 6.07) is 2.12. The van der Waals surface area contributed by atoms with E-state index >= 15 is 0 Å². The van der Waals surface area contributed by atoms with E-state index in [2.05, 4.69) is 0 Å². The standard InChI is InChI=1S/C9H8Cl3NO2.BrH/c1-4(13)9(14)15-8-6(11)2-5(10)3-7(8)12;/h2-4H,13H2,1H3;1H/t4-;/m0./s1. The Labute approximate surface area is 119 Å². The van der Waals surface area contributed by atoms with Gasteiger partial charge in [-0.15, -0.1) is 17.0 Å². The lowest BCUT2D eigenvalue weighted by Gasteiger charge is -2.10. The molecule has 0 radical (unpaired) electrons. The normalized spacial score (nSPS) is 11.6. The van der Waals surface area contributed by atoms with E-state index in [4.69, 9.17) is 45.3 Å². The van der Waals surface area contributed by atoms with Gasteiger partial charge < -0.3 is 10.5 Å². The van der Waals surface area contributed by atoms with Crippen LogP contribution in [0, 0.1) is 0 Å². The minimum atomic E-state index is -0.743. The van der Waals surface area contributed by atoms with Gasteiger partial charge in [-0.05, 0) is 19.1 Å². The van der Waals surface area contributed by atoms with Crippen LogP contribution in [0.1, 0.15) is 6.92 Å². The monoisotopic (exact) mass is 347 g/mol. The molecule has 3 nitrogen and oxygen atoms in total. The fourth-order valence-electron chi connectivity index (χ4n) is 0.820. The zero-order valence-electron chi connectivity index (χ0n) is 8.17. The zero-order chi connectivity index (χ0) is 11.6. The summed E-state index contributed by atoms with van der Waals surface area (Å²) in [6.07, 6.45) is 0. The molecule has 0 aliphatic carbocycles. The van der Waals surface area contributed by atoms with Crippen LogP contribution in [0.3, 0.4) is 0 Å². The van der Waals surface area contributed by atoms with Gasteiger partial charge in [0.2, 0.25) is 0 Å². The second-order valence-corrected chi connectivity index (χ2v) is 4.16. The molecule has 7 heteroatoms. The molecule has 0 saturated heterocycles. The molecular formula is C9H9BrCl3NO2. The second kappa shape index (κ2) is 6.67. The van der Waals surface area contributed by atoms with Crippen LogP contribution in [-0.2, 0) is 4.79 Å². The number of carbonyl (C=O) groups excluding carboxylic acids is 1. The van der Waals surface area contributed by atoms with Gasteiger partial charge in [-0.3, -0.25) is 0 Å². The van der Waals surface area contributed by atoms with E-state index in [1.165, 1.54) is 19.1 Å². The Morgan fingerprint density at radius 2 is 1.75 bits per heavy atom. The van der Waals surface area contributed by atoms with Crippen molar-refractivity contribution in [3.05, 3.63) is 27.2 Å². The summed E-state index contributed by atoms with van der Waals surface area (Å²) in [4.78, 5) is 11.2. The second-order valence-electron chi connectivity index (χ2n) is 2.91. The van der Waals surface area contributed by atoms with Crippen LogP contribution in [0.25, 0.3) is 0 Å². The topological polar surface area (TPSA) is 52.3 Å². The molecule has 0 heterocycles. The number of rotatable bonds is 2. The Kier molecular flexibility index (Phi) is 6.67. The average molecular weight is 349 g/mol. The SMILES string of the molecule is Br.C[C@H](N)C(=O)Oc1c(Cl)cc(Cl)cc1Cl. The molecule has 0 fully saturated rings. The highest BCUT2D eigenvalue weighted by Gasteiger charge is 2.16. The summed E-state index contributed by atoms with van der Waals surface area (Å²) in [5.74, 6) is -0.536. The van der Waals surface area contributed by atoms with Crippen LogP contribution < -0.4 is 10.5 Å². The van der Waals surface area contributed by atoms with Crippen molar-refractivity contribution >= 4 is 57.8 Å². The number of hydrogen-bond acceptors (Lipinski definition) is 3. The van der Waals surface area contributed by atoms with Crippen LogP contribution in [0.5, 0.6) is 5.75 Å². The summed E-state index contributed by atoms with van der Waals surface area (Å²) < 4.78 is 4.91. The van der Waals surface area contributed by atoms with Crippen LogP contribution in [0.2, 0.25) is 15.1 Å². The van der Waals surface area contributed by atoms with Crippen molar-refractivity contribution < 1.29 is 9.53 Å². The van der Waals surface area contributed by atoms with Crippen molar-refractivity contribution in [1.29, 1.82) is 0 Å². The fourth-order valence-corrected chi connectivity index (χ4v) is 1.71. The Morgan fingerprint density at radius 1 is 1.31 bits per heavy atom. The molecule has 0 bridgehead atoms. The van der Waals surface area contributed by atoms with E-state index in [1.807, 2.05) is 0 Å². The predicted octanol–water partition coefficient (Wildman–Crippen LogP) is 3.48. The van der Waals surface area contributed by atoms with E-state index in [0.717, 1.165) is 0 Å². The Balaban J connectivity index is 0.00000225. The first-order chi connectivity index (χ1) is 6.91. The maximum Gasteiger partial charge on any atom is 0.328 e. The minimum Gasteiger partial charge on any atom is -0.422 e. The van der Waals surface area contributed by atoms with Gasteiger partial charge in [0, 0.05) is 5.02 Å². The van der Waals surface area contributed by atoms with Crippen molar-refractivity contribution in [2.75, 3.05) is 0 Å². The van der Waals surface area contributed by atoms with Crippen molar-refractivity contribution in [2.24, 2.45) is 5.73 Å². The molecule has 0 spiro atoms. The largest absolute Gasteiger partial charge is 0.422 e. The first-order valence-electron chi connectivity index (χ1n) is 4.03. The highest BCUT2D eigenvalue weighted by Crippen LogP contribution is 2.35. The van der Waals surface area contributed by atoms with E-state index in [9.17, 15) is 4.79 Å². The lowest BCUT2D eigenvalue weighted by Crippen LogP contribution is -2.31. The van der Waals surface area contributed by atoms with E-state index in [0.29, 0.717) is 5.02 Å². The number of nitrogens with two attached hydrogens (primary N) is 1. The number of esters is 1. The maximum absolute atomic E-state index is 11.2. The smallest absolute Gasteiger partial charge is 0.328 e. The summed E-state index contributed by atoms with van der Waals surface area (Å²) in [7, 11) is 0.